The molecule has 3 aromatic rings. The topological polar surface area (TPSA) is 90.0 Å². The minimum atomic E-state index is -4.60. The highest BCUT2D eigenvalue weighted by Gasteiger charge is 2.35. The third-order valence-corrected chi connectivity index (χ3v) is 4.24. The van der Waals surface area contributed by atoms with Crippen LogP contribution in [0.1, 0.15) is 11.3 Å². The van der Waals surface area contributed by atoms with Crippen LogP contribution in [0.4, 0.5) is 18.9 Å². The zero-order valence-electron chi connectivity index (χ0n) is 14.0. The van der Waals surface area contributed by atoms with Crippen LogP contribution in [0.5, 0.6) is 0 Å². The Morgan fingerprint density at radius 1 is 1.04 bits per heavy atom. The van der Waals surface area contributed by atoms with Crippen LogP contribution < -0.4 is 9.86 Å². The number of hydrogen-bond acceptors (Lipinski definition) is 3. The van der Waals surface area contributed by atoms with E-state index in [9.17, 15) is 21.6 Å². The number of hydrogen-bond donors (Lipinski definition) is 2. The van der Waals surface area contributed by atoms with Gasteiger partial charge in [0.15, 0.2) is 5.69 Å². The van der Waals surface area contributed by atoms with Crippen LogP contribution in [0.15, 0.2) is 54.6 Å². The molecule has 0 aliphatic carbocycles. The maximum atomic E-state index is 13.2. The van der Waals surface area contributed by atoms with Crippen LogP contribution >= 0.6 is 0 Å². The highest BCUT2D eigenvalue weighted by Crippen LogP contribution is 2.33. The van der Waals surface area contributed by atoms with Gasteiger partial charge in [0, 0.05) is 11.3 Å². The average molecular weight is 396 g/mol. The quantitative estimate of drug-likeness (QED) is 0.707. The zero-order valence-corrected chi connectivity index (χ0v) is 14.8. The number of halogens is 3. The van der Waals surface area contributed by atoms with Crippen molar-refractivity contribution in [3.05, 3.63) is 65.9 Å². The second-order valence-electron chi connectivity index (χ2n) is 5.88. The van der Waals surface area contributed by atoms with Crippen molar-refractivity contribution >= 4 is 15.9 Å². The molecule has 0 atom stereocenters. The van der Waals surface area contributed by atoms with Gasteiger partial charge in [0.05, 0.1) is 11.4 Å². The number of aryl methyl sites for hydroxylation is 1. The van der Waals surface area contributed by atoms with Crippen molar-refractivity contribution in [2.75, 3.05) is 4.72 Å². The maximum Gasteiger partial charge on any atom is 0.435 e. The summed E-state index contributed by atoms with van der Waals surface area (Å²) in [5.74, 6) is 0. The number of nitrogens with one attached hydrogen (secondary N) is 1. The number of rotatable bonds is 4. The summed E-state index contributed by atoms with van der Waals surface area (Å²) in [4.78, 5) is 0. The third kappa shape index (κ3) is 4.47. The Labute approximate surface area is 153 Å². The molecule has 0 saturated heterocycles. The molecule has 142 valence electrons. The molecule has 3 rings (SSSR count). The number of benzene rings is 2. The summed E-state index contributed by atoms with van der Waals surface area (Å²) in [6.45, 7) is 1.87. The van der Waals surface area contributed by atoms with Crippen molar-refractivity contribution in [3.63, 3.8) is 0 Å². The monoisotopic (exact) mass is 396 g/mol. The van der Waals surface area contributed by atoms with E-state index < -0.39 is 22.1 Å². The highest BCUT2D eigenvalue weighted by atomic mass is 32.2. The first kappa shape index (κ1) is 18.9. The third-order valence-electron chi connectivity index (χ3n) is 3.72. The van der Waals surface area contributed by atoms with Gasteiger partial charge in [0.1, 0.15) is 0 Å². The number of aromatic nitrogens is 2. The highest BCUT2D eigenvalue weighted by molar-refractivity contribution is 7.90. The summed E-state index contributed by atoms with van der Waals surface area (Å²) in [6, 6.07) is 13.6. The largest absolute Gasteiger partial charge is 0.435 e. The zero-order chi connectivity index (χ0) is 19.8. The maximum absolute atomic E-state index is 13.2. The lowest BCUT2D eigenvalue weighted by molar-refractivity contribution is -0.141. The predicted octanol–water partition coefficient (Wildman–Crippen LogP) is 3.48. The van der Waals surface area contributed by atoms with E-state index in [0.29, 0.717) is 11.3 Å². The first-order valence-corrected chi connectivity index (χ1v) is 9.23. The molecule has 10 heteroatoms. The van der Waals surface area contributed by atoms with E-state index in [1.165, 1.54) is 24.3 Å². The fraction of sp³-hybridized carbons (Fsp3) is 0.118. The predicted molar refractivity (Wildman–Crippen MR) is 95.5 cm³/mol. The molecule has 1 aromatic heterocycles. The Bertz CT molecular complexity index is 1060. The number of alkyl halides is 3. The minimum absolute atomic E-state index is 0.182. The Hall–Kier alpha value is -2.85. The van der Waals surface area contributed by atoms with Crippen LogP contribution in [0.25, 0.3) is 16.9 Å². The summed E-state index contributed by atoms with van der Waals surface area (Å²) >= 11 is 0. The van der Waals surface area contributed by atoms with Gasteiger partial charge in [-0.15, -0.1) is 0 Å². The van der Waals surface area contributed by atoms with Crippen molar-refractivity contribution in [1.82, 2.24) is 9.78 Å². The molecule has 3 N–H and O–H groups in total. The van der Waals surface area contributed by atoms with E-state index in [-0.39, 0.29) is 11.4 Å². The standard InChI is InChI=1S/C17H15F3N4O2S/c1-11-2-4-12(5-3-11)15-10-16(17(18,19)20)22-24(15)14-8-6-13(7-9-14)23-27(21,25)26/h2-10,23H,1H3,(H2,21,25,26). The van der Waals surface area contributed by atoms with Gasteiger partial charge in [-0.3, -0.25) is 4.72 Å². The molecule has 27 heavy (non-hydrogen) atoms. The second kappa shape index (κ2) is 6.71. The summed E-state index contributed by atoms with van der Waals surface area (Å²) in [7, 11) is -3.95. The molecule has 0 unspecified atom stereocenters. The fourth-order valence-electron chi connectivity index (χ4n) is 2.48. The van der Waals surface area contributed by atoms with Crippen LogP contribution in [0, 0.1) is 6.92 Å². The summed E-state index contributed by atoms with van der Waals surface area (Å²) in [5.41, 5.74) is 1.29. The van der Waals surface area contributed by atoms with Gasteiger partial charge in [-0.2, -0.15) is 26.7 Å². The van der Waals surface area contributed by atoms with Gasteiger partial charge < -0.3 is 0 Å². The van der Waals surface area contributed by atoms with E-state index in [0.717, 1.165) is 16.3 Å². The van der Waals surface area contributed by atoms with E-state index in [4.69, 9.17) is 5.14 Å². The van der Waals surface area contributed by atoms with Crippen LogP contribution in [0.3, 0.4) is 0 Å². The molecule has 6 nitrogen and oxygen atoms in total. The first-order chi connectivity index (χ1) is 12.5. The molecule has 0 spiro atoms. The Morgan fingerprint density at radius 3 is 2.15 bits per heavy atom. The molecule has 0 amide bonds. The van der Waals surface area contributed by atoms with E-state index >= 15 is 0 Å². The lowest BCUT2D eigenvalue weighted by Gasteiger charge is -2.09. The first-order valence-electron chi connectivity index (χ1n) is 7.68. The van der Waals surface area contributed by atoms with Gasteiger partial charge in [-0.1, -0.05) is 29.8 Å². The molecule has 0 radical (unpaired) electrons. The lowest BCUT2D eigenvalue weighted by atomic mass is 10.1. The van der Waals surface area contributed by atoms with Crippen molar-refractivity contribution in [2.24, 2.45) is 5.14 Å². The average Bonchev–Trinajstić information content (AvgIpc) is 3.00. The molecule has 0 aliphatic rings. The normalized spacial score (nSPS) is 12.2. The molecule has 2 aromatic carbocycles. The Morgan fingerprint density at radius 2 is 1.63 bits per heavy atom. The number of nitrogens with two attached hydrogens (primary N) is 1. The van der Waals surface area contributed by atoms with Crippen LogP contribution in [0.2, 0.25) is 0 Å². The van der Waals surface area contributed by atoms with Crippen LogP contribution in [-0.2, 0) is 16.4 Å². The minimum Gasteiger partial charge on any atom is -0.271 e. The summed E-state index contributed by atoms with van der Waals surface area (Å²) in [6.07, 6.45) is -4.60. The van der Waals surface area contributed by atoms with Crippen molar-refractivity contribution in [3.8, 4) is 16.9 Å². The van der Waals surface area contributed by atoms with Gasteiger partial charge in [0.2, 0.25) is 0 Å². The number of anilines is 1. The molecule has 0 saturated carbocycles. The molecule has 0 fully saturated rings. The number of nitrogens with zero attached hydrogens (tertiary/aromatic N) is 2. The molecular formula is C17H15F3N4O2S. The lowest BCUT2D eigenvalue weighted by Crippen LogP contribution is -2.21. The molecule has 1 heterocycles. The Kier molecular flexibility index (Phi) is 4.70. The van der Waals surface area contributed by atoms with Crippen molar-refractivity contribution in [1.29, 1.82) is 0 Å². The molecule has 0 aliphatic heterocycles. The van der Waals surface area contributed by atoms with E-state index in [1.807, 2.05) is 6.92 Å². The second-order valence-corrected chi connectivity index (χ2v) is 7.18. The Balaban J connectivity index is 2.08. The van der Waals surface area contributed by atoms with Crippen molar-refractivity contribution in [2.45, 2.75) is 13.1 Å². The van der Waals surface area contributed by atoms with Gasteiger partial charge >= 0.3 is 6.18 Å². The SMILES string of the molecule is Cc1ccc(-c2cc(C(F)(F)F)nn2-c2ccc(NS(N)(=O)=O)cc2)cc1. The van der Waals surface area contributed by atoms with Crippen LogP contribution in [-0.4, -0.2) is 18.2 Å². The molecule has 0 bridgehead atoms. The summed E-state index contributed by atoms with van der Waals surface area (Å²) in [5, 5.41) is 8.58. The van der Waals surface area contributed by atoms with Gasteiger partial charge in [0.25, 0.3) is 10.2 Å². The van der Waals surface area contributed by atoms with Gasteiger partial charge in [-0.05, 0) is 37.3 Å². The fourth-order valence-corrected chi connectivity index (χ4v) is 2.95. The van der Waals surface area contributed by atoms with Crippen molar-refractivity contribution < 1.29 is 21.6 Å². The van der Waals surface area contributed by atoms with Gasteiger partial charge in [-0.25, -0.2) is 9.82 Å². The summed E-state index contributed by atoms with van der Waals surface area (Å²) < 4.78 is 64.8. The smallest absolute Gasteiger partial charge is 0.271 e. The van der Waals surface area contributed by atoms with E-state index in [2.05, 4.69) is 9.82 Å². The van der Waals surface area contributed by atoms with E-state index in [1.54, 1.807) is 24.3 Å². The molecular weight excluding hydrogens is 381 g/mol.